The lowest BCUT2D eigenvalue weighted by molar-refractivity contribution is 0.627. The number of aromatic nitrogens is 2. The van der Waals surface area contributed by atoms with Crippen molar-refractivity contribution < 1.29 is 4.39 Å². The highest BCUT2D eigenvalue weighted by Crippen LogP contribution is 2.20. The van der Waals surface area contributed by atoms with E-state index in [0.29, 0.717) is 12.4 Å². The van der Waals surface area contributed by atoms with Gasteiger partial charge in [0.2, 0.25) is 0 Å². The lowest BCUT2D eigenvalue weighted by Crippen LogP contribution is -2.26. The molecule has 3 N–H and O–H groups in total. The Hall–Kier alpha value is -2.21. The summed E-state index contributed by atoms with van der Waals surface area (Å²) in [4.78, 5) is 2.21. The van der Waals surface area contributed by atoms with E-state index in [4.69, 9.17) is 5.73 Å². The van der Waals surface area contributed by atoms with Gasteiger partial charge in [-0.3, -0.25) is 0 Å². The monoisotopic (exact) mass is 287 g/mol. The summed E-state index contributed by atoms with van der Waals surface area (Å²) in [5.41, 5.74) is 7.94. The first-order chi connectivity index (χ1) is 10.2. The number of anilines is 2. The molecule has 2 heterocycles. The second kappa shape index (κ2) is 6.05. The minimum atomic E-state index is -0.231. The maximum absolute atomic E-state index is 12.8. The van der Waals surface area contributed by atoms with Crippen molar-refractivity contribution in [2.45, 2.75) is 19.0 Å². The van der Waals surface area contributed by atoms with E-state index in [1.807, 2.05) is 6.07 Å². The Morgan fingerprint density at radius 2 is 2.14 bits per heavy atom. The number of nitrogens with two attached hydrogens (primary N) is 1. The van der Waals surface area contributed by atoms with Crippen molar-refractivity contribution in [1.29, 1.82) is 0 Å². The summed E-state index contributed by atoms with van der Waals surface area (Å²) in [6, 6.07) is 8.59. The Bertz CT molecular complexity index is 601. The highest BCUT2D eigenvalue weighted by molar-refractivity contribution is 5.53. The Morgan fingerprint density at radius 1 is 1.33 bits per heavy atom. The van der Waals surface area contributed by atoms with Crippen LogP contribution < -0.4 is 16.0 Å². The summed E-state index contributed by atoms with van der Waals surface area (Å²) < 4.78 is 12.8. The number of nitrogens with zero attached hydrogens (tertiary/aromatic N) is 3. The summed E-state index contributed by atoms with van der Waals surface area (Å²) in [5.74, 6) is 0.475. The maximum Gasteiger partial charge on any atom is 0.150 e. The molecule has 6 heteroatoms. The maximum atomic E-state index is 12.8. The lowest BCUT2D eigenvalue weighted by Gasteiger charge is -2.18. The van der Waals surface area contributed by atoms with Crippen LogP contribution in [0.25, 0.3) is 0 Å². The fourth-order valence-corrected chi connectivity index (χ4v) is 2.43. The lowest BCUT2D eigenvalue weighted by atomic mass is 10.2. The van der Waals surface area contributed by atoms with Crippen LogP contribution in [-0.4, -0.2) is 29.3 Å². The Labute approximate surface area is 123 Å². The molecule has 0 aliphatic carbocycles. The third kappa shape index (κ3) is 3.46. The minimum absolute atomic E-state index is 0.230. The topological polar surface area (TPSA) is 67.1 Å². The van der Waals surface area contributed by atoms with E-state index >= 15 is 0 Å². The van der Waals surface area contributed by atoms with E-state index in [1.165, 1.54) is 12.1 Å². The van der Waals surface area contributed by atoms with Gasteiger partial charge in [-0.25, -0.2) is 4.39 Å². The van der Waals surface area contributed by atoms with E-state index in [2.05, 4.69) is 20.4 Å². The van der Waals surface area contributed by atoms with Crippen LogP contribution in [0.5, 0.6) is 0 Å². The normalized spacial score (nSPS) is 18.0. The number of rotatable bonds is 4. The van der Waals surface area contributed by atoms with Crippen LogP contribution in [0.2, 0.25) is 0 Å². The summed E-state index contributed by atoms with van der Waals surface area (Å²) in [5, 5.41) is 11.3. The zero-order chi connectivity index (χ0) is 14.7. The summed E-state index contributed by atoms with van der Waals surface area (Å²) in [6.45, 7) is 2.38. The largest absolute Gasteiger partial charge is 0.369 e. The second-order valence-electron chi connectivity index (χ2n) is 5.27. The fraction of sp³-hybridized carbons (Fsp3) is 0.333. The van der Waals surface area contributed by atoms with Crippen LogP contribution in [0.1, 0.15) is 12.0 Å². The third-order valence-electron chi connectivity index (χ3n) is 3.62. The molecule has 2 aromatic rings. The summed E-state index contributed by atoms with van der Waals surface area (Å²) >= 11 is 0. The van der Waals surface area contributed by atoms with Gasteiger partial charge in [0.1, 0.15) is 5.82 Å². The van der Waals surface area contributed by atoms with Gasteiger partial charge in [-0.1, -0.05) is 12.1 Å². The van der Waals surface area contributed by atoms with E-state index in [1.54, 1.807) is 18.3 Å². The van der Waals surface area contributed by atoms with Crippen LogP contribution in [0.4, 0.5) is 15.9 Å². The van der Waals surface area contributed by atoms with Crippen LogP contribution >= 0.6 is 0 Å². The number of halogens is 1. The van der Waals surface area contributed by atoms with Crippen LogP contribution in [0, 0.1) is 5.82 Å². The molecule has 1 atom stereocenters. The average Bonchev–Trinajstić information content (AvgIpc) is 2.94. The van der Waals surface area contributed by atoms with Crippen molar-refractivity contribution >= 4 is 11.5 Å². The summed E-state index contributed by atoms with van der Waals surface area (Å²) in [6.07, 6.45) is 2.75. The zero-order valence-electron chi connectivity index (χ0n) is 11.7. The molecule has 1 fully saturated rings. The molecule has 0 bridgehead atoms. The van der Waals surface area contributed by atoms with Gasteiger partial charge >= 0.3 is 0 Å². The second-order valence-corrected chi connectivity index (χ2v) is 5.27. The molecule has 110 valence electrons. The molecule has 0 radical (unpaired) electrons. The van der Waals surface area contributed by atoms with Gasteiger partial charge in [0.05, 0.1) is 11.9 Å². The molecular weight excluding hydrogens is 269 g/mol. The molecule has 1 aromatic heterocycles. The fourth-order valence-electron chi connectivity index (χ4n) is 2.43. The molecule has 1 aromatic carbocycles. The zero-order valence-corrected chi connectivity index (χ0v) is 11.7. The molecule has 1 saturated heterocycles. The SMILES string of the molecule is N[C@@H]1CCN(c2cnnc(NCc3ccc(F)cc3)c2)C1. The van der Waals surface area contributed by atoms with Crippen molar-refractivity contribution in [2.24, 2.45) is 5.73 Å². The van der Waals surface area contributed by atoms with Crippen LogP contribution in [0.15, 0.2) is 36.5 Å². The number of hydrogen-bond donors (Lipinski definition) is 2. The highest BCUT2D eigenvalue weighted by Gasteiger charge is 2.19. The van der Waals surface area contributed by atoms with Gasteiger partial charge in [0.15, 0.2) is 5.82 Å². The summed E-state index contributed by atoms with van der Waals surface area (Å²) in [7, 11) is 0. The number of benzene rings is 1. The quantitative estimate of drug-likeness (QED) is 0.897. The number of nitrogens with one attached hydrogen (secondary N) is 1. The average molecular weight is 287 g/mol. The van der Waals surface area contributed by atoms with Crippen LogP contribution in [0.3, 0.4) is 0 Å². The van der Waals surface area contributed by atoms with Gasteiger partial charge in [0, 0.05) is 31.7 Å². The van der Waals surface area contributed by atoms with Crippen molar-refractivity contribution in [3.63, 3.8) is 0 Å². The smallest absolute Gasteiger partial charge is 0.150 e. The molecule has 0 spiro atoms. The Balaban J connectivity index is 1.64. The van der Waals surface area contributed by atoms with Crippen LogP contribution in [-0.2, 0) is 6.54 Å². The number of hydrogen-bond acceptors (Lipinski definition) is 5. The molecule has 1 aliphatic rings. The third-order valence-corrected chi connectivity index (χ3v) is 3.62. The van der Waals surface area contributed by atoms with Gasteiger partial charge in [-0.05, 0) is 24.1 Å². The molecule has 5 nitrogen and oxygen atoms in total. The molecule has 0 unspecified atom stereocenters. The van der Waals surface area contributed by atoms with E-state index in [0.717, 1.165) is 30.8 Å². The molecule has 21 heavy (non-hydrogen) atoms. The molecule has 0 saturated carbocycles. The minimum Gasteiger partial charge on any atom is -0.369 e. The van der Waals surface area contributed by atoms with E-state index in [9.17, 15) is 4.39 Å². The highest BCUT2D eigenvalue weighted by atomic mass is 19.1. The molecule has 3 rings (SSSR count). The van der Waals surface area contributed by atoms with Gasteiger partial charge in [-0.15, -0.1) is 5.10 Å². The van der Waals surface area contributed by atoms with E-state index in [-0.39, 0.29) is 11.9 Å². The molecular formula is C15H18FN5. The van der Waals surface area contributed by atoms with E-state index < -0.39 is 0 Å². The van der Waals surface area contributed by atoms with Crippen molar-refractivity contribution in [3.05, 3.63) is 47.9 Å². The predicted octanol–water partition coefficient (Wildman–Crippen LogP) is 1.77. The Kier molecular flexibility index (Phi) is 3.96. The predicted molar refractivity (Wildman–Crippen MR) is 80.6 cm³/mol. The molecule has 0 amide bonds. The van der Waals surface area contributed by atoms with Gasteiger partial charge in [-0.2, -0.15) is 5.10 Å². The van der Waals surface area contributed by atoms with Gasteiger partial charge < -0.3 is 16.0 Å². The van der Waals surface area contributed by atoms with Crippen molar-refractivity contribution in [3.8, 4) is 0 Å². The first kappa shape index (κ1) is 13.8. The first-order valence-corrected chi connectivity index (χ1v) is 7.02. The van der Waals surface area contributed by atoms with Gasteiger partial charge in [0.25, 0.3) is 0 Å². The molecule has 1 aliphatic heterocycles. The Morgan fingerprint density at radius 3 is 2.86 bits per heavy atom. The van der Waals surface area contributed by atoms with Crippen molar-refractivity contribution in [1.82, 2.24) is 10.2 Å². The first-order valence-electron chi connectivity index (χ1n) is 7.02. The standard InChI is InChI=1S/C15H18FN5/c16-12-3-1-11(2-4-12)8-18-15-7-14(9-19-20-15)21-6-5-13(17)10-21/h1-4,7,9,13H,5-6,8,10,17H2,(H,18,20)/t13-/m1/s1. The van der Waals surface area contributed by atoms with Crippen molar-refractivity contribution in [2.75, 3.05) is 23.3 Å².